The Morgan fingerprint density at radius 3 is 2.52 bits per heavy atom. The summed E-state index contributed by atoms with van der Waals surface area (Å²) < 4.78 is 12.8. The maximum Gasteiger partial charge on any atom is 0.344 e. The lowest BCUT2D eigenvalue weighted by Crippen LogP contribution is -2.11. The van der Waals surface area contributed by atoms with E-state index in [4.69, 9.17) is 14.5 Å². The minimum atomic E-state index is -0.391. The van der Waals surface area contributed by atoms with E-state index >= 15 is 0 Å². The third-order valence-electron chi connectivity index (χ3n) is 5.43. The number of carbonyl (C=O) groups excluding carboxylic acids is 1. The number of carbonyl (C=O) groups is 1. The maximum absolute atomic E-state index is 13.1. The van der Waals surface area contributed by atoms with Crippen LogP contribution in [0.3, 0.4) is 0 Å². The van der Waals surface area contributed by atoms with Gasteiger partial charge in [-0.25, -0.2) is 9.78 Å². The first-order valence-corrected chi connectivity index (χ1v) is 9.67. The van der Waals surface area contributed by atoms with E-state index < -0.39 is 5.97 Å². The molecule has 0 atom stereocenters. The van der Waals surface area contributed by atoms with Gasteiger partial charge in [-0.05, 0) is 60.9 Å². The van der Waals surface area contributed by atoms with Crippen LogP contribution < -0.4 is 9.47 Å². The molecule has 0 bridgehead atoms. The number of methoxy groups -OCH3 is 1. The molecule has 4 aromatic rings. The first kappa shape index (κ1) is 17.7. The van der Waals surface area contributed by atoms with E-state index in [2.05, 4.69) is 5.10 Å². The van der Waals surface area contributed by atoms with Gasteiger partial charge in [-0.1, -0.05) is 12.1 Å². The molecule has 0 amide bonds. The molecule has 29 heavy (non-hydrogen) atoms. The van der Waals surface area contributed by atoms with Crippen molar-refractivity contribution in [2.45, 2.75) is 25.7 Å². The second-order valence-corrected chi connectivity index (χ2v) is 7.54. The molecular formula is C23H21N3O3. The second kappa shape index (κ2) is 6.58. The Morgan fingerprint density at radius 2 is 1.79 bits per heavy atom. The van der Waals surface area contributed by atoms with Crippen molar-refractivity contribution < 1.29 is 14.3 Å². The third kappa shape index (κ3) is 3.10. The normalized spacial score (nSPS) is 13.8. The number of hydrogen-bond acceptors (Lipinski definition) is 5. The molecule has 2 aromatic heterocycles. The van der Waals surface area contributed by atoms with Crippen LogP contribution >= 0.6 is 0 Å². The van der Waals surface area contributed by atoms with E-state index in [1.165, 1.54) is 0 Å². The minimum absolute atomic E-state index is 0.391. The first-order chi connectivity index (χ1) is 14.0. The van der Waals surface area contributed by atoms with Gasteiger partial charge in [0.05, 0.1) is 23.8 Å². The highest BCUT2D eigenvalue weighted by atomic mass is 16.5. The van der Waals surface area contributed by atoms with Gasteiger partial charge in [-0.15, -0.1) is 0 Å². The summed E-state index contributed by atoms with van der Waals surface area (Å²) >= 11 is 0. The fourth-order valence-electron chi connectivity index (χ4n) is 3.77. The summed E-state index contributed by atoms with van der Waals surface area (Å²) in [7, 11) is 3.48. The quantitative estimate of drug-likeness (QED) is 0.380. The monoisotopic (exact) mass is 387 g/mol. The van der Waals surface area contributed by atoms with Gasteiger partial charge in [-0.2, -0.15) is 5.10 Å². The molecule has 1 aliphatic rings. The summed E-state index contributed by atoms with van der Waals surface area (Å²) in [6, 6.07) is 13.3. The zero-order valence-electron chi connectivity index (χ0n) is 16.6. The van der Waals surface area contributed by atoms with E-state index in [1.54, 1.807) is 11.8 Å². The van der Waals surface area contributed by atoms with Crippen LogP contribution in [-0.4, -0.2) is 27.8 Å². The summed E-state index contributed by atoms with van der Waals surface area (Å²) in [5.74, 6) is 1.29. The van der Waals surface area contributed by atoms with Gasteiger partial charge in [-0.3, -0.25) is 4.68 Å². The standard InChI is InChI=1S/C23H21N3O3/c1-13-21-19(12-20(15-4-5-15)24-22(21)26(2)25-13)23(27)29-18-9-7-14-6-8-17(28-3)10-16(14)11-18/h6-12,15H,4-5H2,1-3H3. The highest BCUT2D eigenvalue weighted by molar-refractivity contribution is 6.05. The molecular weight excluding hydrogens is 366 g/mol. The average molecular weight is 387 g/mol. The smallest absolute Gasteiger partial charge is 0.344 e. The molecule has 5 rings (SSSR count). The zero-order chi connectivity index (χ0) is 20.1. The predicted octanol–water partition coefficient (Wildman–Crippen LogP) is 4.54. The molecule has 2 aromatic carbocycles. The zero-order valence-corrected chi connectivity index (χ0v) is 16.6. The number of aryl methyl sites for hydroxylation is 2. The fraction of sp³-hybridized carbons (Fsp3) is 0.261. The van der Waals surface area contributed by atoms with Gasteiger partial charge in [0.25, 0.3) is 0 Å². The van der Waals surface area contributed by atoms with E-state index in [1.807, 2.05) is 56.4 Å². The summed E-state index contributed by atoms with van der Waals surface area (Å²) in [5, 5.41) is 7.21. The van der Waals surface area contributed by atoms with Gasteiger partial charge in [0.1, 0.15) is 11.5 Å². The maximum atomic E-state index is 13.1. The van der Waals surface area contributed by atoms with Gasteiger partial charge >= 0.3 is 5.97 Å². The van der Waals surface area contributed by atoms with Crippen molar-refractivity contribution in [3.63, 3.8) is 0 Å². The lowest BCUT2D eigenvalue weighted by Gasteiger charge is -2.09. The molecule has 1 fully saturated rings. The van der Waals surface area contributed by atoms with Crippen LogP contribution in [0.25, 0.3) is 21.8 Å². The molecule has 146 valence electrons. The molecule has 1 aliphatic carbocycles. The summed E-state index contributed by atoms with van der Waals surface area (Å²) in [5.41, 5.74) is 2.96. The van der Waals surface area contributed by atoms with Crippen LogP contribution in [0.2, 0.25) is 0 Å². The molecule has 0 N–H and O–H groups in total. The molecule has 6 nitrogen and oxygen atoms in total. The van der Waals surface area contributed by atoms with Crippen LogP contribution in [0.4, 0.5) is 0 Å². The van der Waals surface area contributed by atoms with Gasteiger partial charge in [0, 0.05) is 18.7 Å². The SMILES string of the molecule is COc1ccc2ccc(OC(=O)c3cc(C4CC4)nc4c3c(C)nn4C)cc2c1. The Balaban J connectivity index is 1.55. The third-order valence-corrected chi connectivity index (χ3v) is 5.43. The fourth-order valence-corrected chi connectivity index (χ4v) is 3.77. The van der Waals surface area contributed by atoms with Gasteiger partial charge in [0.15, 0.2) is 5.65 Å². The number of ether oxygens (including phenoxy) is 2. The van der Waals surface area contributed by atoms with Crippen LogP contribution in [0.5, 0.6) is 11.5 Å². The Hall–Kier alpha value is -3.41. The van der Waals surface area contributed by atoms with E-state index in [-0.39, 0.29) is 0 Å². The second-order valence-electron chi connectivity index (χ2n) is 7.54. The number of benzene rings is 2. The number of nitrogens with zero attached hydrogens (tertiary/aromatic N) is 3. The van der Waals surface area contributed by atoms with E-state index in [0.29, 0.717) is 17.2 Å². The Kier molecular flexibility index (Phi) is 4.01. The van der Waals surface area contributed by atoms with Crippen LogP contribution in [-0.2, 0) is 7.05 Å². The average Bonchev–Trinajstić information content (AvgIpc) is 3.53. The van der Waals surface area contributed by atoms with Crippen molar-refractivity contribution in [1.29, 1.82) is 0 Å². The molecule has 2 heterocycles. The highest BCUT2D eigenvalue weighted by Gasteiger charge is 2.29. The number of aromatic nitrogens is 3. The number of esters is 1. The van der Waals surface area contributed by atoms with Crippen LogP contribution in [0.1, 0.15) is 40.5 Å². The van der Waals surface area contributed by atoms with Crippen molar-refractivity contribution in [1.82, 2.24) is 14.8 Å². The van der Waals surface area contributed by atoms with Crippen molar-refractivity contribution in [2.24, 2.45) is 7.05 Å². The summed E-state index contributed by atoms with van der Waals surface area (Å²) in [4.78, 5) is 17.9. The highest BCUT2D eigenvalue weighted by Crippen LogP contribution is 2.40. The Labute approximate surface area is 168 Å². The van der Waals surface area contributed by atoms with E-state index in [0.717, 1.165) is 51.8 Å². The first-order valence-electron chi connectivity index (χ1n) is 9.67. The van der Waals surface area contributed by atoms with Gasteiger partial charge in [0.2, 0.25) is 0 Å². The molecule has 0 radical (unpaired) electrons. The van der Waals surface area contributed by atoms with Crippen LogP contribution in [0, 0.1) is 6.92 Å². The minimum Gasteiger partial charge on any atom is -0.497 e. The number of pyridine rings is 1. The largest absolute Gasteiger partial charge is 0.497 e. The van der Waals surface area contributed by atoms with Crippen molar-refractivity contribution in [3.8, 4) is 11.5 Å². The molecule has 1 saturated carbocycles. The Bertz CT molecular complexity index is 1270. The lowest BCUT2D eigenvalue weighted by atomic mass is 10.1. The molecule has 0 unspecified atom stereocenters. The molecule has 0 saturated heterocycles. The summed E-state index contributed by atoms with van der Waals surface area (Å²) in [6.45, 7) is 1.89. The van der Waals surface area contributed by atoms with E-state index in [9.17, 15) is 4.79 Å². The molecule has 0 spiro atoms. The number of fused-ring (bicyclic) bond motifs is 2. The summed E-state index contributed by atoms with van der Waals surface area (Å²) in [6.07, 6.45) is 2.21. The van der Waals surface area contributed by atoms with Crippen molar-refractivity contribution >= 4 is 27.8 Å². The lowest BCUT2D eigenvalue weighted by molar-refractivity contribution is 0.0737. The number of hydrogen-bond donors (Lipinski definition) is 0. The predicted molar refractivity (Wildman–Crippen MR) is 111 cm³/mol. The number of rotatable bonds is 4. The molecule has 6 heteroatoms. The van der Waals surface area contributed by atoms with Crippen molar-refractivity contribution in [3.05, 3.63) is 59.4 Å². The Morgan fingerprint density at radius 1 is 1.07 bits per heavy atom. The topological polar surface area (TPSA) is 66.2 Å². The van der Waals surface area contributed by atoms with Crippen molar-refractivity contribution in [2.75, 3.05) is 7.11 Å². The van der Waals surface area contributed by atoms with Crippen LogP contribution in [0.15, 0.2) is 42.5 Å². The molecule has 0 aliphatic heterocycles. The van der Waals surface area contributed by atoms with Gasteiger partial charge < -0.3 is 9.47 Å².